The van der Waals surface area contributed by atoms with Gasteiger partial charge in [-0.15, -0.1) is 0 Å². The van der Waals surface area contributed by atoms with Gasteiger partial charge in [-0.05, 0) is 77.1 Å². The third kappa shape index (κ3) is 8.38. The molecule has 1 fully saturated rings. The van der Waals surface area contributed by atoms with Crippen molar-refractivity contribution in [1.29, 1.82) is 0 Å². The lowest BCUT2D eigenvalue weighted by atomic mass is 9.74. The van der Waals surface area contributed by atoms with E-state index in [0.717, 1.165) is 31.2 Å². The van der Waals surface area contributed by atoms with Crippen LogP contribution in [0.5, 0.6) is 0 Å². The molecule has 0 aromatic heterocycles. The fourth-order valence-electron chi connectivity index (χ4n) is 4.90. The number of likely N-dealkylation sites (N-methyl/N-ethyl adjacent to an activating group) is 1. The number of likely N-dealkylation sites (tertiary alicyclic amines) is 1. The Morgan fingerprint density at radius 1 is 1.32 bits per heavy atom. The van der Waals surface area contributed by atoms with Crippen LogP contribution in [0.3, 0.4) is 0 Å². The Bertz CT molecular complexity index is 763. The van der Waals surface area contributed by atoms with Gasteiger partial charge in [0.2, 0.25) is 0 Å². The summed E-state index contributed by atoms with van der Waals surface area (Å²) >= 11 is 6.28. The predicted molar refractivity (Wildman–Crippen MR) is 137 cm³/mol. The van der Waals surface area contributed by atoms with Gasteiger partial charge in [0.15, 0.2) is 0 Å². The van der Waals surface area contributed by atoms with Crippen molar-refractivity contribution in [3.05, 3.63) is 34.9 Å². The first kappa shape index (κ1) is 28.9. The molecular weight excluding hydrogens is 454 g/mol. The van der Waals surface area contributed by atoms with Crippen LogP contribution >= 0.6 is 11.6 Å². The molecule has 0 radical (unpaired) electrons. The number of aliphatic hydroxyl groups is 1. The van der Waals surface area contributed by atoms with Crippen LogP contribution in [0.1, 0.15) is 57.9 Å². The van der Waals surface area contributed by atoms with Crippen molar-refractivity contribution in [2.24, 2.45) is 5.92 Å². The first-order valence-electron chi connectivity index (χ1n) is 12.4. The largest absolute Gasteiger partial charge is 0.385 e. The Balaban J connectivity index is 2.16. The van der Waals surface area contributed by atoms with Crippen molar-refractivity contribution < 1.29 is 19.4 Å². The van der Waals surface area contributed by atoms with Gasteiger partial charge in [-0.3, -0.25) is 0 Å². The molecule has 1 aliphatic rings. The van der Waals surface area contributed by atoms with Crippen LogP contribution in [-0.2, 0) is 15.1 Å². The summed E-state index contributed by atoms with van der Waals surface area (Å²) in [5, 5.41) is 19.0. The van der Waals surface area contributed by atoms with Gasteiger partial charge in [-0.25, -0.2) is 4.79 Å². The summed E-state index contributed by atoms with van der Waals surface area (Å²) in [6.45, 7) is 6.54. The van der Waals surface area contributed by atoms with E-state index in [2.05, 4.69) is 10.6 Å². The third-order valence-electron chi connectivity index (χ3n) is 6.93. The van der Waals surface area contributed by atoms with E-state index in [4.69, 9.17) is 21.1 Å². The number of amides is 2. The Kier molecular flexibility index (Phi) is 11.6. The summed E-state index contributed by atoms with van der Waals surface area (Å²) in [5.41, 5.74) is -0.576. The number of nitrogens with one attached hydrogen (secondary N) is 2. The standard InChI is InChI=1S/C26H44ClN3O4/c1-25(2,34-5)17-23(18-28-3)29-24(31)30-14-9-11-21(19-30)26(32,13-6-7-15-33-4)20-10-8-12-22(27)16-20/h8,10,12,16,21,23,28,32H,6-7,9,11,13-15,17-19H2,1-5H3,(H,29,31)/t21?,23?,26-/m1/s1. The smallest absolute Gasteiger partial charge is 0.317 e. The van der Waals surface area contributed by atoms with Gasteiger partial charge in [-0.2, -0.15) is 0 Å². The minimum absolute atomic E-state index is 0.0614. The highest BCUT2D eigenvalue weighted by atomic mass is 35.5. The molecule has 2 amide bonds. The molecule has 2 unspecified atom stereocenters. The lowest BCUT2D eigenvalue weighted by Gasteiger charge is -2.43. The average Bonchev–Trinajstić information content (AvgIpc) is 2.81. The molecule has 1 heterocycles. The number of halogens is 1. The minimum Gasteiger partial charge on any atom is -0.385 e. The highest BCUT2D eigenvalue weighted by molar-refractivity contribution is 6.30. The molecule has 0 aliphatic carbocycles. The molecule has 0 saturated carbocycles. The van der Waals surface area contributed by atoms with Crippen molar-refractivity contribution >= 4 is 17.6 Å². The SMILES string of the molecule is CNCC(CC(C)(C)OC)NC(=O)N1CCCC([C@@](O)(CCCCOC)c2cccc(Cl)c2)C1. The number of unbranched alkanes of at least 4 members (excludes halogenated alkanes) is 1. The van der Waals surface area contributed by atoms with Crippen LogP contribution in [0.15, 0.2) is 24.3 Å². The van der Waals surface area contributed by atoms with Crippen molar-refractivity contribution in [1.82, 2.24) is 15.5 Å². The number of carbonyl (C=O) groups is 1. The van der Waals surface area contributed by atoms with Crippen LogP contribution < -0.4 is 10.6 Å². The van der Waals surface area contributed by atoms with E-state index >= 15 is 0 Å². The number of hydrogen-bond donors (Lipinski definition) is 3. The van der Waals surface area contributed by atoms with Crippen LogP contribution in [0, 0.1) is 5.92 Å². The molecule has 34 heavy (non-hydrogen) atoms. The molecule has 194 valence electrons. The number of carbonyl (C=O) groups excluding carboxylic acids is 1. The number of methoxy groups -OCH3 is 2. The minimum atomic E-state index is -1.06. The lowest BCUT2D eigenvalue weighted by molar-refractivity contribution is -0.0565. The maximum atomic E-state index is 13.2. The van der Waals surface area contributed by atoms with Gasteiger partial charge in [0, 0.05) is 57.4 Å². The van der Waals surface area contributed by atoms with Gasteiger partial charge in [0.1, 0.15) is 0 Å². The fourth-order valence-corrected chi connectivity index (χ4v) is 5.09. The van der Waals surface area contributed by atoms with E-state index in [1.54, 1.807) is 14.2 Å². The normalized spacial score (nSPS) is 19.5. The average molecular weight is 498 g/mol. The molecule has 0 spiro atoms. The molecule has 7 nitrogen and oxygen atoms in total. The third-order valence-corrected chi connectivity index (χ3v) is 7.17. The molecule has 2 rings (SSSR count). The molecule has 0 bridgehead atoms. The summed E-state index contributed by atoms with van der Waals surface area (Å²) in [4.78, 5) is 15.1. The maximum Gasteiger partial charge on any atom is 0.317 e. The Morgan fingerprint density at radius 2 is 2.09 bits per heavy atom. The van der Waals surface area contributed by atoms with Gasteiger partial charge in [0.05, 0.1) is 11.2 Å². The number of ether oxygens (including phenoxy) is 2. The molecule has 1 aromatic carbocycles. The van der Waals surface area contributed by atoms with Crippen LogP contribution in [0.25, 0.3) is 0 Å². The van der Waals surface area contributed by atoms with E-state index in [0.29, 0.717) is 44.1 Å². The molecule has 1 aromatic rings. The molecular formula is C26H44ClN3O4. The van der Waals surface area contributed by atoms with Gasteiger partial charge in [-0.1, -0.05) is 23.7 Å². The number of nitrogens with zero attached hydrogens (tertiary/aromatic N) is 1. The summed E-state index contributed by atoms with van der Waals surface area (Å²) in [6.07, 6.45) is 4.70. The Labute approximate surface area is 210 Å². The van der Waals surface area contributed by atoms with Crippen LogP contribution in [0.2, 0.25) is 5.02 Å². The van der Waals surface area contributed by atoms with Crippen LogP contribution in [0.4, 0.5) is 4.79 Å². The Hall–Kier alpha value is -1.38. The number of piperidine rings is 1. The highest BCUT2D eigenvalue weighted by Crippen LogP contribution is 2.40. The van der Waals surface area contributed by atoms with Crippen LogP contribution in [-0.4, -0.2) is 75.2 Å². The monoisotopic (exact) mass is 497 g/mol. The second-order valence-electron chi connectivity index (χ2n) is 10.0. The summed E-state index contributed by atoms with van der Waals surface area (Å²) in [5.74, 6) is -0.0776. The predicted octanol–water partition coefficient (Wildman–Crippen LogP) is 4.17. The Morgan fingerprint density at radius 3 is 2.74 bits per heavy atom. The topological polar surface area (TPSA) is 83.1 Å². The van der Waals surface area contributed by atoms with E-state index in [1.165, 1.54) is 0 Å². The molecule has 3 atom stereocenters. The lowest BCUT2D eigenvalue weighted by Crippen LogP contribution is -2.54. The summed E-state index contributed by atoms with van der Waals surface area (Å²) in [6, 6.07) is 7.34. The number of benzene rings is 1. The maximum absolute atomic E-state index is 13.2. The first-order valence-corrected chi connectivity index (χ1v) is 12.8. The quantitative estimate of drug-likeness (QED) is 0.356. The van der Waals surface area contributed by atoms with E-state index in [9.17, 15) is 9.90 Å². The zero-order chi connectivity index (χ0) is 25.2. The first-order chi connectivity index (χ1) is 16.1. The second kappa shape index (κ2) is 13.6. The highest BCUT2D eigenvalue weighted by Gasteiger charge is 2.41. The zero-order valence-corrected chi connectivity index (χ0v) is 22.3. The summed E-state index contributed by atoms with van der Waals surface area (Å²) in [7, 11) is 5.26. The molecule has 1 aliphatic heterocycles. The van der Waals surface area contributed by atoms with Gasteiger partial charge < -0.3 is 30.1 Å². The van der Waals surface area contributed by atoms with E-state index in [-0.39, 0.29) is 23.6 Å². The number of urea groups is 1. The van der Waals surface area contributed by atoms with E-state index < -0.39 is 5.60 Å². The van der Waals surface area contributed by atoms with E-state index in [1.807, 2.05) is 50.1 Å². The number of rotatable bonds is 13. The molecule has 3 N–H and O–H groups in total. The fraction of sp³-hybridized carbons (Fsp3) is 0.731. The summed E-state index contributed by atoms with van der Waals surface area (Å²) < 4.78 is 10.8. The van der Waals surface area contributed by atoms with Gasteiger partial charge >= 0.3 is 6.03 Å². The van der Waals surface area contributed by atoms with Gasteiger partial charge in [0.25, 0.3) is 0 Å². The number of hydrogen-bond acceptors (Lipinski definition) is 5. The van der Waals surface area contributed by atoms with Crippen molar-refractivity contribution in [2.75, 3.05) is 47.5 Å². The molecule has 1 saturated heterocycles. The zero-order valence-electron chi connectivity index (χ0n) is 21.5. The van der Waals surface area contributed by atoms with Crippen molar-refractivity contribution in [2.45, 2.75) is 69.6 Å². The van der Waals surface area contributed by atoms with Crippen molar-refractivity contribution in [3.8, 4) is 0 Å². The second-order valence-corrected chi connectivity index (χ2v) is 10.5. The molecule has 8 heteroatoms. The van der Waals surface area contributed by atoms with Crippen molar-refractivity contribution in [3.63, 3.8) is 0 Å².